The third-order valence-electron chi connectivity index (χ3n) is 6.18. The van der Waals surface area contributed by atoms with Crippen LogP contribution >= 0.6 is 0 Å². The molecular formula is C22H38BNO2. The van der Waals surface area contributed by atoms with Gasteiger partial charge in [0.25, 0.3) is 0 Å². The van der Waals surface area contributed by atoms with Crippen LogP contribution in [-0.2, 0) is 4.65 Å². The fraction of sp³-hybridized carbons (Fsp3) is 0.727. The molecule has 1 atom stereocenters. The minimum absolute atomic E-state index is 0.0647. The molecule has 1 saturated heterocycles. The van der Waals surface area contributed by atoms with E-state index in [1.165, 1.54) is 24.8 Å². The Bertz CT molecular complexity index is 550. The molecule has 0 bridgehead atoms. The van der Waals surface area contributed by atoms with Crippen molar-refractivity contribution in [2.45, 2.75) is 79.3 Å². The molecule has 1 unspecified atom stereocenters. The molecule has 1 aromatic carbocycles. The Morgan fingerprint density at radius 3 is 2.31 bits per heavy atom. The van der Waals surface area contributed by atoms with Gasteiger partial charge in [-0.05, 0) is 69.6 Å². The molecule has 0 aliphatic carbocycles. The predicted octanol–water partition coefficient (Wildman–Crippen LogP) is 4.61. The van der Waals surface area contributed by atoms with Crippen LogP contribution < -0.4 is 10.2 Å². The Morgan fingerprint density at radius 2 is 1.77 bits per heavy atom. The summed E-state index contributed by atoms with van der Waals surface area (Å²) in [6, 6.07) is 9.13. The molecule has 1 heterocycles. The van der Waals surface area contributed by atoms with Crippen LogP contribution in [0.3, 0.4) is 0 Å². The van der Waals surface area contributed by atoms with Crippen molar-refractivity contribution in [3.8, 4) is 5.75 Å². The molecule has 1 fully saturated rings. The summed E-state index contributed by atoms with van der Waals surface area (Å²) >= 11 is 0. The van der Waals surface area contributed by atoms with Crippen molar-refractivity contribution in [2.75, 3.05) is 19.7 Å². The van der Waals surface area contributed by atoms with Crippen molar-refractivity contribution in [1.29, 1.82) is 0 Å². The minimum Gasteiger partial charge on any atom is -0.494 e. The number of hydrogen-bond acceptors (Lipinski definition) is 3. The first kappa shape index (κ1) is 21.3. The van der Waals surface area contributed by atoms with Gasteiger partial charge in [-0.2, -0.15) is 0 Å². The largest absolute Gasteiger partial charge is 0.494 e. The second-order valence-electron chi connectivity index (χ2n) is 9.32. The molecule has 0 N–H and O–H groups in total. The van der Waals surface area contributed by atoms with Crippen molar-refractivity contribution in [3.63, 3.8) is 0 Å². The summed E-state index contributed by atoms with van der Waals surface area (Å²) in [6.07, 6.45) is 3.77. The van der Waals surface area contributed by atoms with Crippen LogP contribution in [0.1, 0.15) is 60.8 Å². The molecule has 2 rings (SSSR count). The van der Waals surface area contributed by atoms with Gasteiger partial charge in [-0.25, -0.2) is 0 Å². The summed E-state index contributed by atoms with van der Waals surface area (Å²) in [5, 5.41) is 0. The van der Waals surface area contributed by atoms with Crippen molar-refractivity contribution in [1.82, 2.24) is 4.90 Å². The normalized spacial score (nSPS) is 19.0. The third kappa shape index (κ3) is 5.75. The summed E-state index contributed by atoms with van der Waals surface area (Å²) in [7, 11) is 0. The molecule has 0 radical (unpaired) electrons. The number of rotatable bonds is 8. The van der Waals surface area contributed by atoms with E-state index in [1.54, 1.807) is 0 Å². The Hall–Kier alpha value is -0.995. The van der Waals surface area contributed by atoms with Gasteiger partial charge in [0.15, 0.2) is 0 Å². The topological polar surface area (TPSA) is 21.7 Å². The van der Waals surface area contributed by atoms with Crippen molar-refractivity contribution < 1.29 is 9.39 Å². The van der Waals surface area contributed by atoms with Gasteiger partial charge < -0.3 is 14.3 Å². The molecule has 1 aliphatic rings. The Kier molecular flexibility index (Phi) is 7.21. The van der Waals surface area contributed by atoms with Crippen molar-refractivity contribution >= 4 is 12.4 Å². The Labute approximate surface area is 161 Å². The first-order valence-electron chi connectivity index (χ1n) is 10.2. The number of ether oxygens (including phenoxy) is 1. The molecule has 0 amide bonds. The highest BCUT2D eigenvalue weighted by molar-refractivity contribution is 6.66. The molecule has 146 valence electrons. The average molecular weight is 359 g/mol. The van der Waals surface area contributed by atoms with E-state index in [-0.39, 0.29) is 17.9 Å². The maximum absolute atomic E-state index is 6.35. The second-order valence-corrected chi connectivity index (χ2v) is 9.32. The van der Waals surface area contributed by atoms with Gasteiger partial charge in [0.05, 0.1) is 12.2 Å². The first-order valence-corrected chi connectivity index (χ1v) is 10.2. The number of nitrogens with zero attached hydrogens (tertiary/aromatic N) is 1. The van der Waals surface area contributed by atoms with E-state index in [4.69, 9.17) is 9.39 Å². The molecule has 1 aliphatic heterocycles. The van der Waals surface area contributed by atoms with Gasteiger partial charge in [-0.3, -0.25) is 0 Å². The highest BCUT2D eigenvalue weighted by Crippen LogP contribution is 2.33. The Morgan fingerprint density at radius 1 is 1.12 bits per heavy atom. The van der Waals surface area contributed by atoms with Crippen LogP contribution in [0.5, 0.6) is 5.75 Å². The highest BCUT2D eigenvalue weighted by Gasteiger charge is 2.35. The molecule has 26 heavy (non-hydrogen) atoms. The minimum atomic E-state index is -0.186. The van der Waals surface area contributed by atoms with E-state index in [0.717, 1.165) is 31.4 Å². The zero-order valence-electron chi connectivity index (χ0n) is 18.0. The Balaban J connectivity index is 1.78. The number of likely N-dealkylation sites (tertiary alicyclic amines) is 1. The van der Waals surface area contributed by atoms with Gasteiger partial charge in [0.2, 0.25) is 0 Å². The summed E-state index contributed by atoms with van der Waals surface area (Å²) < 4.78 is 12.3. The summed E-state index contributed by atoms with van der Waals surface area (Å²) in [4.78, 5) is 2.57. The lowest BCUT2D eigenvalue weighted by Gasteiger charge is -2.40. The standard InChI is InChI=1S/C22H38BNO2/c1-18-10-8-15-24(18)16-9-17-25-20-13-11-19(12-14-20)23(7)26-22(5,6)21(2,3)4/h11-14,18H,8-10,15-17H2,1-7H3. The third-order valence-corrected chi connectivity index (χ3v) is 6.18. The molecule has 0 aromatic heterocycles. The van der Waals surface area contributed by atoms with Crippen LogP contribution in [0.15, 0.2) is 24.3 Å². The summed E-state index contributed by atoms with van der Waals surface area (Å²) in [6.45, 7) is 18.7. The van der Waals surface area contributed by atoms with E-state index in [9.17, 15) is 0 Å². The zero-order valence-corrected chi connectivity index (χ0v) is 18.0. The van der Waals surface area contributed by atoms with E-state index < -0.39 is 0 Å². The number of hydrogen-bond donors (Lipinski definition) is 0. The van der Waals surface area contributed by atoms with Gasteiger partial charge in [-0.1, -0.05) is 39.7 Å². The van der Waals surface area contributed by atoms with Gasteiger partial charge in [0, 0.05) is 12.6 Å². The lowest BCUT2D eigenvalue weighted by molar-refractivity contribution is 0.000449. The first-order chi connectivity index (χ1) is 12.1. The molecule has 3 nitrogen and oxygen atoms in total. The van der Waals surface area contributed by atoms with Crippen LogP contribution in [0.4, 0.5) is 0 Å². The van der Waals surface area contributed by atoms with Crippen molar-refractivity contribution in [3.05, 3.63) is 24.3 Å². The fourth-order valence-electron chi connectivity index (χ4n) is 3.30. The maximum Gasteiger partial charge on any atom is 0.324 e. The smallest absolute Gasteiger partial charge is 0.324 e. The van der Waals surface area contributed by atoms with Crippen molar-refractivity contribution in [2.24, 2.45) is 5.41 Å². The molecule has 4 heteroatoms. The molecule has 0 saturated carbocycles. The quantitative estimate of drug-likeness (QED) is 0.500. The van der Waals surface area contributed by atoms with E-state index >= 15 is 0 Å². The van der Waals surface area contributed by atoms with Crippen LogP contribution in [0.2, 0.25) is 6.82 Å². The molecule has 0 spiro atoms. The lowest BCUT2D eigenvalue weighted by atomic mass is 9.62. The van der Waals surface area contributed by atoms with Gasteiger partial charge in [0.1, 0.15) is 5.75 Å². The average Bonchev–Trinajstić information content (AvgIpc) is 2.96. The zero-order chi connectivity index (χ0) is 19.4. The fourth-order valence-corrected chi connectivity index (χ4v) is 3.30. The lowest BCUT2D eigenvalue weighted by Crippen LogP contribution is -2.46. The maximum atomic E-state index is 6.35. The van der Waals surface area contributed by atoms with E-state index in [2.05, 4.69) is 77.5 Å². The van der Waals surface area contributed by atoms with E-state index in [0.29, 0.717) is 0 Å². The van der Waals surface area contributed by atoms with Crippen LogP contribution in [0, 0.1) is 5.41 Å². The van der Waals surface area contributed by atoms with E-state index in [1.807, 2.05) is 0 Å². The predicted molar refractivity (Wildman–Crippen MR) is 113 cm³/mol. The molecule has 1 aromatic rings. The highest BCUT2D eigenvalue weighted by atomic mass is 16.5. The van der Waals surface area contributed by atoms with Crippen LogP contribution in [0.25, 0.3) is 0 Å². The molecular weight excluding hydrogens is 321 g/mol. The monoisotopic (exact) mass is 359 g/mol. The van der Waals surface area contributed by atoms with Gasteiger partial charge in [-0.15, -0.1) is 0 Å². The van der Waals surface area contributed by atoms with Crippen LogP contribution in [-0.4, -0.2) is 43.2 Å². The summed E-state index contributed by atoms with van der Waals surface area (Å²) in [5.41, 5.74) is 1.10. The SMILES string of the molecule is CB(OC(C)(C)C(C)(C)C)c1ccc(OCCCN2CCCC2C)cc1. The number of benzene rings is 1. The summed E-state index contributed by atoms with van der Waals surface area (Å²) in [5.74, 6) is 0.950. The van der Waals surface area contributed by atoms with Gasteiger partial charge >= 0.3 is 6.92 Å². The second kappa shape index (κ2) is 8.80.